The lowest BCUT2D eigenvalue weighted by Crippen LogP contribution is -2.47. The van der Waals surface area contributed by atoms with E-state index in [0.717, 1.165) is 43.8 Å². The summed E-state index contributed by atoms with van der Waals surface area (Å²) in [6.07, 6.45) is 12.2. The van der Waals surface area contributed by atoms with Crippen LogP contribution in [0.25, 0.3) is 0 Å². The van der Waals surface area contributed by atoms with Crippen molar-refractivity contribution in [1.82, 2.24) is 0 Å². The molecule has 0 aliphatic heterocycles. The minimum atomic E-state index is -0.222. The van der Waals surface area contributed by atoms with Crippen molar-refractivity contribution in [3.05, 3.63) is 23.5 Å². The summed E-state index contributed by atoms with van der Waals surface area (Å²) in [5, 5.41) is 0. The second-order valence-electron chi connectivity index (χ2n) is 8.94. The van der Waals surface area contributed by atoms with Gasteiger partial charge in [-0.2, -0.15) is 0 Å². The van der Waals surface area contributed by atoms with Gasteiger partial charge < -0.3 is 9.47 Å². The molecule has 0 amide bonds. The van der Waals surface area contributed by atoms with E-state index < -0.39 is 0 Å². The molecule has 4 aliphatic rings. The molecular weight excluding hydrogens is 328 g/mol. The quantitative estimate of drug-likeness (QED) is 0.680. The van der Waals surface area contributed by atoms with Crippen molar-refractivity contribution in [2.75, 3.05) is 0 Å². The van der Waals surface area contributed by atoms with E-state index in [9.17, 15) is 9.59 Å². The summed E-state index contributed by atoms with van der Waals surface area (Å²) in [6, 6.07) is 0. The number of allylic oxidation sites excluding steroid dienone is 4. The van der Waals surface area contributed by atoms with Gasteiger partial charge in [-0.1, -0.05) is 13.0 Å². The number of carbonyl (C=O) groups is 2. The van der Waals surface area contributed by atoms with Crippen molar-refractivity contribution in [2.45, 2.75) is 71.8 Å². The van der Waals surface area contributed by atoms with Crippen LogP contribution >= 0.6 is 0 Å². The molecule has 0 radical (unpaired) electrons. The number of hydrogen-bond acceptors (Lipinski definition) is 4. The fraction of sp³-hybridized carbons (Fsp3) is 0.727. The Bertz CT molecular complexity index is 676. The molecule has 4 rings (SSSR count). The van der Waals surface area contributed by atoms with E-state index in [4.69, 9.17) is 9.47 Å². The number of carbonyl (C=O) groups excluding carboxylic acids is 2. The van der Waals surface area contributed by atoms with Crippen molar-refractivity contribution in [2.24, 2.45) is 29.1 Å². The van der Waals surface area contributed by atoms with Crippen molar-refractivity contribution < 1.29 is 19.1 Å². The van der Waals surface area contributed by atoms with E-state index in [2.05, 4.69) is 19.1 Å². The van der Waals surface area contributed by atoms with Gasteiger partial charge in [0, 0.05) is 25.7 Å². The van der Waals surface area contributed by atoms with Crippen LogP contribution in [-0.2, 0) is 19.1 Å². The third-order valence-electron chi connectivity index (χ3n) is 7.59. The fourth-order valence-electron chi connectivity index (χ4n) is 6.54. The van der Waals surface area contributed by atoms with Gasteiger partial charge in [0.15, 0.2) is 0 Å². The Morgan fingerprint density at radius 2 is 1.88 bits per heavy atom. The molecule has 0 aromatic rings. The number of esters is 2. The minimum Gasteiger partial charge on any atom is -0.462 e. The number of rotatable bonds is 2. The predicted molar refractivity (Wildman–Crippen MR) is 97.9 cm³/mol. The maximum absolute atomic E-state index is 11.5. The summed E-state index contributed by atoms with van der Waals surface area (Å²) < 4.78 is 11.1. The largest absolute Gasteiger partial charge is 0.462 e. The summed E-state index contributed by atoms with van der Waals surface area (Å²) in [6.45, 7) is 5.36. The van der Waals surface area contributed by atoms with Gasteiger partial charge in [0.05, 0.1) is 0 Å². The highest BCUT2D eigenvalue weighted by Crippen LogP contribution is 2.61. The lowest BCUT2D eigenvalue weighted by atomic mass is 9.53. The van der Waals surface area contributed by atoms with Crippen LogP contribution in [-0.4, -0.2) is 18.0 Å². The van der Waals surface area contributed by atoms with Crippen molar-refractivity contribution in [3.8, 4) is 0 Å². The van der Waals surface area contributed by atoms with E-state index in [0.29, 0.717) is 17.8 Å². The first kappa shape index (κ1) is 17.8. The summed E-state index contributed by atoms with van der Waals surface area (Å²) in [5.74, 6) is 3.15. The van der Waals surface area contributed by atoms with Gasteiger partial charge >= 0.3 is 11.9 Å². The zero-order chi connectivity index (χ0) is 18.5. The molecule has 4 aliphatic carbocycles. The molecule has 6 atom stereocenters. The topological polar surface area (TPSA) is 52.6 Å². The molecule has 0 aromatic carbocycles. The Morgan fingerprint density at radius 3 is 2.62 bits per heavy atom. The molecule has 142 valence electrons. The maximum atomic E-state index is 11.5. The molecule has 0 spiro atoms. The Labute approximate surface area is 156 Å². The number of ether oxygens (including phenoxy) is 2. The molecule has 6 unspecified atom stereocenters. The van der Waals surface area contributed by atoms with Crippen LogP contribution in [0.3, 0.4) is 0 Å². The molecule has 2 fully saturated rings. The first-order valence-corrected chi connectivity index (χ1v) is 10.1. The molecule has 4 heteroatoms. The van der Waals surface area contributed by atoms with E-state index in [1.54, 1.807) is 0 Å². The van der Waals surface area contributed by atoms with Crippen molar-refractivity contribution in [3.63, 3.8) is 0 Å². The SMILES string of the molecule is CC(=O)OC1=CC2=CCC3C(CCC4(C)C(OC(C)=O)CCC34)C2CC1. The third kappa shape index (κ3) is 2.91. The monoisotopic (exact) mass is 358 g/mol. The van der Waals surface area contributed by atoms with E-state index in [-0.39, 0.29) is 23.5 Å². The maximum Gasteiger partial charge on any atom is 0.307 e. The molecule has 0 heterocycles. The first-order valence-electron chi connectivity index (χ1n) is 10.1. The Balaban J connectivity index is 1.55. The van der Waals surface area contributed by atoms with Gasteiger partial charge in [-0.15, -0.1) is 0 Å². The van der Waals surface area contributed by atoms with Gasteiger partial charge in [0.25, 0.3) is 0 Å². The zero-order valence-corrected chi connectivity index (χ0v) is 16.1. The molecular formula is C22H30O4. The third-order valence-corrected chi connectivity index (χ3v) is 7.59. The van der Waals surface area contributed by atoms with Crippen molar-refractivity contribution in [1.29, 1.82) is 0 Å². The van der Waals surface area contributed by atoms with Crippen LogP contribution in [0, 0.1) is 29.1 Å². The normalized spacial score (nSPS) is 41.1. The second kappa shape index (κ2) is 6.54. The molecule has 26 heavy (non-hydrogen) atoms. The number of fused-ring (bicyclic) bond motifs is 5. The highest BCUT2D eigenvalue weighted by atomic mass is 16.5. The van der Waals surface area contributed by atoms with Gasteiger partial charge in [0.2, 0.25) is 0 Å². The molecule has 4 nitrogen and oxygen atoms in total. The van der Waals surface area contributed by atoms with E-state index >= 15 is 0 Å². The fourth-order valence-corrected chi connectivity index (χ4v) is 6.54. The van der Waals surface area contributed by atoms with Gasteiger partial charge in [0.1, 0.15) is 11.9 Å². The Hall–Kier alpha value is -1.58. The summed E-state index contributed by atoms with van der Waals surface area (Å²) in [7, 11) is 0. The zero-order valence-electron chi connectivity index (χ0n) is 16.1. The van der Waals surface area contributed by atoms with Crippen LogP contribution in [0.2, 0.25) is 0 Å². The Kier molecular flexibility index (Phi) is 4.48. The smallest absolute Gasteiger partial charge is 0.307 e. The highest BCUT2D eigenvalue weighted by Gasteiger charge is 2.56. The lowest BCUT2D eigenvalue weighted by Gasteiger charge is -2.52. The summed E-state index contributed by atoms with van der Waals surface area (Å²) >= 11 is 0. The van der Waals surface area contributed by atoms with E-state index in [1.807, 2.05) is 0 Å². The average molecular weight is 358 g/mol. The van der Waals surface area contributed by atoms with Crippen LogP contribution in [0.5, 0.6) is 0 Å². The molecule has 0 saturated heterocycles. The van der Waals surface area contributed by atoms with Crippen LogP contribution in [0.15, 0.2) is 23.5 Å². The number of hydrogen-bond donors (Lipinski definition) is 0. The minimum absolute atomic E-state index is 0.0955. The lowest BCUT2D eigenvalue weighted by molar-refractivity contribution is -0.155. The highest BCUT2D eigenvalue weighted by molar-refractivity contribution is 5.67. The van der Waals surface area contributed by atoms with Crippen LogP contribution < -0.4 is 0 Å². The molecule has 2 saturated carbocycles. The van der Waals surface area contributed by atoms with E-state index in [1.165, 1.54) is 32.3 Å². The van der Waals surface area contributed by atoms with Gasteiger partial charge in [-0.25, -0.2) is 0 Å². The standard InChI is InChI=1S/C22H30O4/c1-13(23)25-16-5-7-17-15(12-16)4-6-19-18(17)10-11-22(3)20(19)8-9-21(22)26-14(2)24/h4,12,17-21H,5-11H2,1-3H3. The molecule has 0 N–H and O–H groups in total. The van der Waals surface area contributed by atoms with Crippen molar-refractivity contribution >= 4 is 11.9 Å². The van der Waals surface area contributed by atoms with Gasteiger partial charge in [-0.05, 0) is 73.8 Å². The summed E-state index contributed by atoms with van der Waals surface area (Å²) in [4.78, 5) is 22.8. The van der Waals surface area contributed by atoms with Crippen LogP contribution in [0.1, 0.15) is 65.7 Å². The summed E-state index contributed by atoms with van der Waals surface area (Å²) in [5.41, 5.74) is 1.53. The second-order valence-corrected chi connectivity index (χ2v) is 8.94. The average Bonchev–Trinajstić information content (AvgIpc) is 2.90. The van der Waals surface area contributed by atoms with Gasteiger partial charge in [-0.3, -0.25) is 9.59 Å². The predicted octanol–water partition coefficient (Wildman–Crippen LogP) is 4.55. The molecule has 0 bridgehead atoms. The molecule has 0 aromatic heterocycles. The van der Waals surface area contributed by atoms with Crippen LogP contribution in [0.4, 0.5) is 0 Å². The first-order chi connectivity index (χ1) is 12.4. The Morgan fingerprint density at radius 1 is 1.08 bits per heavy atom.